The Bertz CT molecular complexity index is 539. The van der Waals surface area contributed by atoms with E-state index in [1.54, 1.807) is 7.11 Å². The van der Waals surface area contributed by atoms with Crippen LogP contribution in [0.1, 0.15) is 25.8 Å². The lowest BCUT2D eigenvalue weighted by molar-refractivity contribution is -0.117. The van der Waals surface area contributed by atoms with Crippen molar-refractivity contribution in [2.75, 3.05) is 34.4 Å². The lowest BCUT2D eigenvalue weighted by Gasteiger charge is -2.14. The molecule has 0 fully saturated rings. The first-order chi connectivity index (χ1) is 11.0. The predicted molar refractivity (Wildman–Crippen MR) is 92.9 cm³/mol. The fourth-order valence-electron chi connectivity index (χ4n) is 2.00. The molecule has 0 radical (unpaired) electrons. The van der Waals surface area contributed by atoms with E-state index >= 15 is 0 Å². The van der Waals surface area contributed by atoms with Gasteiger partial charge in [0, 0.05) is 18.7 Å². The van der Waals surface area contributed by atoms with Crippen molar-refractivity contribution in [2.24, 2.45) is 0 Å². The first-order valence-corrected chi connectivity index (χ1v) is 7.87. The maximum absolute atomic E-state index is 11.9. The summed E-state index contributed by atoms with van der Waals surface area (Å²) in [4.78, 5) is 14.0. The number of nitrogens with zero attached hydrogens (tertiary/aromatic N) is 1. The average molecular weight is 320 g/mol. The zero-order chi connectivity index (χ0) is 17.2. The number of allylic oxidation sites excluding steroid dienone is 1. The molecule has 0 saturated carbocycles. The van der Waals surface area contributed by atoms with Crippen LogP contribution in [0.25, 0.3) is 0 Å². The normalized spacial score (nSPS) is 11.5. The molecule has 0 aromatic heterocycles. The smallest absolute Gasteiger partial charge is 0.246 e. The second kappa shape index (κ2) is 9.90. The first kappa shape index (κ1) is 19.0. The van der Waals surface area contributed by atoms with E-state index in [-0.39, 0.29) is 5.91 Å². The second-order valence-electron chi connectivity index (χ2n) is 5.62. The van der Waals surface area contributed by atoms with E-state index in [1.165, 1.54) is 0 Å². The SMILES string of the molecule is CC/C=C(/C)C(=O)NCc1ccc(OCCN(C)C)c(OC)c1. The van der Waals surface area contributed by atoms with Crippen LogP contribution in [0.2, 0.25) is 0 Å². The van der Waals surface area contributed by atoms with Crippen LogP contribution >= 0.6 is 0 Å². The van der Waals surface area contributed by atoms with Gasteiger partial charge in [0.2, 0.25) is 5.91 Å². The quantitative estimate of drug-likeness (QED) is 0.711. The summed E-state index contributed by atoms with van der Waals surface area (Å²) in [5.74, 6) is 1.35. The van der Waals surface area contributed by atoms with Crippen LogP contribution in [-0.2, 0) is 11.3 Å². The molecule has 0 aliphatic rings. The van der Waals surface area contributed by atoms with Crippen molar-refractivity contribution in [3.8, 4) is 11.5 Å². The van der Waals surface area contributed by atoms with Gasteiger partial charge in [0.1, 0.15) is 6.61 Å². The second-order valence-corrected chi connectivity index (χ2v) is 5.62. The highest BCUT2D eigenvalue weighted by Crippen LogP contribution is 2.28. The minimum absolute atomic E-state index is 0.0443. The third kappa shape index (κ3) is 6.74. The summed E-state index contributed by atoms with van der Waals surface area (Å²) < 4.78 is 11.1. The number of nitrogens with one attached hydrogen (secondary N) is 1. The van der Waals surface area contributed by atoms with Gasteiger partial charge in [-0.1, -0.05) is 19.1 Å². The summed E-state index contributed by atoms with van der Waals surface area (Å²) in [5.41, 5.74) is 1.71. The number of hydrogen-bond donors (Lipinski definition) is 1. The fourth-order valence-corrected chi connectivity index (χ4v) is 2.00. The van der Waals surface area contributed by atoms with Crippen molar-refractivity contribution in [3.05, 3.63) is 35.4 Å². The molecule has 23 heavy (non-hydrogen) atoms. The molecular weight excluding hydrogens is 292 g/mol. The third-order valence-electron chi connectivity index (χ3n) is 3.35. The number of carbonyl (C=O) groups is 1. The maximum atomic E-state index is 11.9. The van der Waals surface area contributed by atoms with Crippen LogP contribution in [0, 0.1) is 0 Å². The molecule has 5 nitrogen and oxygen atoms in total. The molecule has 5 heteroatoms. The van der Waals surface area contributed by atoms with Gasteiger partial charge in [-0.15, -0.1) is 0 Å². The van der Waals surface area contributed by atoms with Crippen molar-refractivity contribution >= 4 is 5.91 Å². The van der Waals surface area contributed by atoms with Crippen LogP contribution in [-0.4, -0.2) is 45.2 Å². The summed E-state index contributed by atoms with van der Waals surface area (Å²) in [6, 6.07) is 5.71. The molecule has 0 spiro atoms. The Morgan fingerprint density at radius 2 is 2.04 bits per heavy atom. The summed E-state index contributed by atoms with van der Waals surface area (Å²) in [6.07, 6.45) is 2.77. The summed E-state index contributed by atoms with van der Waals surface area (Å²) in [6.45, 7) is 5.73. The van der Waals surface area contributed by atoms with Gasteiger partial charge in [0.15, 0.2) is 11.5 Å². The van der Waals surface area contributed by atoms with Crippen molar-refractivity contribution in [3.63, 3.8) is 0 Å². The number of carbonyl (C=O) groups excluding carboxylic acids is 1. The molecule has 1 aromatic rings. The lowest BCUT2D eigenvalue weighted by Crippen LogP contribution is -2.23. The van der Waals surface area contributed by atoms with Crippen LogP contribution in [0.15, 0.2) is 29.8 Å². The molecule has 0 bridgehead atoms. The molecule has 1 amide bonds. The van der Waals surface area contributed by atoms with Gasteiger partial charge in [-0.2, -0.15) is 0 Å². The number of hydrogen-bond acceptors (Lipinski definition) is 4. The van der Waals surface area contributed by atoms with Crippen molar-refractivity contribution in [1.82, 2.24) is 10.2 Å². The zero-order valence-corrected chi connectivity index (χ0v) is 14.8. The number of ether oxygens (including phenoxy) is 2. The Balaban J connectivity index is 2.64. The molecule has 0 heterocycles. The Morgan fingerprint density at radius 3 is 2.65 bits per heavy atom. The molecular formula is C18H28N2O3. The van der Waals surface area contributed by atoms with E-state index < -0.39 is 0 Å². The highest BCUT2D eigenvalue weighted by molar-refractivity contribution is 5.92. The van der Waals surface area contributed by atoms with Crippen molar-refractivity contribution < 1.29 is 14.3 Å². The van der Waals surface area contributed by atoms with E-state index in [1.807, 2.05) is 52.2 Å². The molecule has 1 rings (SSSR count). The molecule has 0 saturated heterocycles. The van der Waals surface area contributed by atoms with Crippen LogP contribution < -0.4 is 14.8 Å². The highest BCUT2D eigenvalue weighted by atomic mass is 16.5. The molecule has 0 aliphatic heterocycles. The van der Waals surface area contributed by atoms with Crippen LogP contribution in [0.3, 0.4) is 0 Å². The average Bonchev–Trinajstić information content (AvgIpc) is 2.53. The first-order valence-electron chi connectivity index (χ1n) is 7.87. The topological polar surface area (TPSA) is 50.8 Å². The highest BCUT2D eigenvalue weighted by Gasteiger charge is 2.08. The minimum atomic E-state index is -0.0443. The lowest BCUT2D eigenvalue weighted by atomic mass is 10.2. The number of methoxy groups -OCH3 is 1. The summed E-state index contributed by atoms with van der Waals surface area (Å²) in [5, 5.41) is 2.90. The van der Waals surface area contributed by atoms with Crippen LogP contribution in [0.5, 0.6) is 11.5 Å². The molecule has 0 aliphatic carbocycles. The zero-order valence-electron chi connectivity index (χ0n) is 14.8. The summed E-state index contributed by atoms with van der Waals surface area (Å²) >= 11 is 0. The number of amides is 1. The van der Waals surface area contributed by atoms with E-state index in [2.05, 4.69) is 10.2 Å². The van der Waals surface area contributed by atoms with Gasteiger partial charge in [-0.25, -0.2) is 0 Å². The standard InChI is InChI=1S/C18H28N2O3/c1-6-7-14(2)18(21)19-13-15-8-9-16(17(12-15)22-5)23-11-10-20(3)4/h7-9,12H,6,10-11,13H2,1-5H3,(H,19,21)/b14-7-. The predicted octanol–water partition coefficient (Wildman–Crippen LogP) is 2.61. The van der Waals surface area contributed by atoms with Gasteiger partial charge in [0.05, 0.1) is 7.11 Å². The number of rotatable bonds is 9. The van der Waals surface area contributed by atoms with Gasteiger partial charge in [-0.05, 0) is 45.1 Å². The minimum Gasteiger partial charge on any atom is -0.493 e. The third-order valence-corrected chi connectivity index (χ3v) is 3.35. The number of likely N-dealkylation sites (N-methyl/N-ethyl adjacent to an activating group) is 1. The van der Waals surface area contributed by atoms with E-state index in [4.69, 9.17) is 9.47 Å². The fraction of sp³-hybridized carbons (Fsp3) is 0.500. The van der Waals surface area contributed by atoms with Gasteiger partial charge < -0.3 is 19.7 Å². The Labute approximate surface area is 139 Å². The Hall–Kier alpha value is -2.01. The molecule has 128 valence electrons. The van der Waals surface area contributed by atoms with Gasteiger partial charge in [-0.3, -0.25) is 4.79 Å². The van der Waals surface area contributed by atoms with Gasteiger partial charge in [0.25, 0.3) is 0 Å². The monoisotopic (exact) mass is 320 g/mol. The molecule has 0 atom stereocenters. The molecule has 1 N–H and O–H groups in total. The van der Waals surface area contributed by atoms with Crippen molar-refractivity contribution in [1.29, 1.82) is 0 Å². The molecule has 1 aromatic carbocycles. The molecule has 0 unspecified atom stereocenters. The van der Waals surface area contributed by atoms with Gasteiger partial charge >= 0.3 is 0 Å². The Kier molecular flexibility index (Phi) is 8.19. The number of benzene rings is 1. The van der Waals surface area contributed by atoms with E-state index in [0.29, 0.717) is 24.7 Å². The Morgan fingerprint density at radius 1 is 1.30 bits per heavy atom. The van der Waals surface area contributed by atoms with E-state index in [9.17, 15) is 4.79 Å². The van der Waals surface area contributed by atoms with Crippen molar-refractivity contribution in [2.45, 2.75) is 26.8 Å². The van der Waals surface area contributed by atoms with Crippen LogP contribution in [0.4, 0.5) is 0 Å². The summed E-state index contributed by atoms with van der Waals surface area (Å²) in [7, 11) is 5.62. The van der Waals surface area contributed by atoms with E-state index in [0.717, 1.165) is 24.1 Å². The maximum Gasteiger partial charge on any atom is 0.246 e. The largest absolute Gasteiger partial charge is 0.493 e.